The average Bonchev–Trinajstić information content (AvgIpc) is 3.25. The van der Waals surface area contributed by atoms with Crippen molar-refractivity contribution in [3.63, 3.8) is 0 Å². The predicted octanol–water partition coefficient (Wildman–Crippen LogP) is 2.30. The first-order valence-electron chi connectivity index (χ1n) is 19.4. The molecule has 0 amide bonds. The van der Waals surface area contributed by atoms with E-state index in [9.17, 15) is 24.6 Å². The zero-order chi connectivity index (χ0) is 45.5. The van der Waals surface area contributed by atoms with Crippen molar-refractivity contribution in [3.05, 3.63) is 120 Å². The Balaban J connectivity index is 0.000000896. The number of carbonyl (C=O) groups is 3. The quantitative estimate of drug-likeness (QED) is 0.0280. The Morgan fingerprint density at radius 2 is 0.983 bits per heavy atom. The SMILES string of the molecule is C=C(C)C(=O)OCC(COC(=O)C(=C)C)NC(CO)CO.C=C(C)C(=O)OCCCNC(CO)CO.C=Cc1ccc(CN(Cc2ccc(C=C)cc2)C(CO)CO)cc1. The number of hydrogen-bond donors (Lipinski definition) is 8. The van der Waals surface area contributed by atoms with Crippen molar-refractivity contribution in [2.75, 3.05) is 66.0 Å². The summed E-state index contributed by atoms with van der Waals surface area (Å²) in [5.41, 5.74) is 5.29. The van der Waals surface area contributed by atoms with Crippen LogP contribution in [-0.4, -0.2) is 144 Å². The second-order valence-corrected chi connectivity index (χ2v) is 13.8. The minimum atomic E-state index is -0.609. The molecule has 2 rings (SSSR count). The van der Waals surface area contributed by atoms with E-state index in [1.165, 1.54) is 13.8 Å². The summed E-state index contributed by atoms with van der Waals surface area (Å²) in [6.07, 6.45) is 4.26. The van der Waals surface area contributed by atoms with Crippen LogP contribution in [0.2, 0.25) is 0 Å². The third-order valence-electron chi connectivity index (χ3n) is 8.36. The molecule has 8 N–H and O–H groups in total. The van der Waals surface area contributed by atoms with Crippen LogP contribution >= 0.6 is 0 Å². The summed E-state index contributed by atoms with van der Waals surface area (Å²) in [5.74, 6) is -1.54. The molecule has 2 aromatic carbocycles. The summed E-state index contributed by atoms with van der Waals surface area (Å²) >= 11 is 0. The van der Waals surface area contributed by atoms with Crippen molar-refractivity contribution in [2.45, 2.75) is 64.4 Å². The fourth-order valence-electron chi connectivity index (χ4n) is 4.68. The maximum absolute atomic E-state index is 11.3. The van der Waals surface area contributed by atoms with Crippen LogP contribution in [0.1, 0.15) is 49.4 Å². The van der Waals surface area contributed by atoms with Crippen LogP contribution in [0.25, 0.3) is 12.2 Å². The minimum absolute atomic E-state index is 0.0774. The van der Waals surface area contributed by atoms with E-state index in [1.54, 1.807) is 6.92 Å². The van der Waals surface area contributed by atoms with Gasteiger partial charge in [-0.15, -0.1) is 0 Å². The van der Waals surface area contributed by atoms with Gasteiger partial charge >= 0.3 is 17.9 Å². The van der Waals surface area contributed by atoms with Gasteiger partial charge in [0.1, 0.15) is 13.2 Å². The lowest BCUT2D eigenvalue weighted by Crippen LogP contribution is -2.48. The Bertz CT molecular complexity index is 1500. The van der Waals surface area contributed by atoms with E-state index < -0.39 is 30.0 Å². The normalized spacial score (nSPS) is 10.7. The summed E-state index contributed by atoms with van der Waals surface area (Å²) < 4.78 is 14.8. The smallest absolute Gasteiger partial charge is 0.333 e. The zero-order valence-corrected chi connectivity index (χ0v) is 35.4. The Kier molecular flexibility index (Phi) is 30.3. The highest BCUT2D eigenvalue weighted by Gasteiger charge is 2.20. The molecule has 2 aromatic rings. The summed E-state index contributed by atoms with van der Waals surface area (Å²) in [7, 11) is 0. The lowest BCUT2D eigenvalue weighted by Gasteiger charge is -2.29. The number of aliphatic hydroxyl groups excluding tert-OH is 6. The number of hydrogen-bond acceptors (Lipinski definition) is 15. The number of nitrogens with zero attached hydrogens (tertiary/aromatic N) is 1. The van der Waals surface area contributed by atoms with Crippen LogP contribution in [-0.2, 0) is 41.7 Å². The third-order valence-corrected chi connectivity index (χ3v) is 8.36. The van der Waals surface area contributed by atoms with Gasteiger partial charge in [-0.2, -0.15) is 0 Å². The van der Waals surface area contributed by atoms with Crippen LogP contribution in [0, 0.1) is 0 Å². The van der Waals surface area contributed by atoms with E-state index in [0.717, 1.165) is 22.3 Å². The van der Waals surface area contributed by atoms with E-state index in [0.29, 0.717) is 38.2 Å². The van der Waals surface area contributed by atoms with Gasteiger partial charge in [0.25, 0.3) is 0 Å². The summed E-state index contributed by atoms with van der Waals surface area (Å²) in [6.45, 7) is 23.5. The van der Waals surface area contributed by atoms with Crippen molar-refractivity contribution in [1.29, 1.82) is 0 Å². The molecular formula is C45H67N3O12. The monoisotopic (exact) mass is 841 g/mol. The van der Waals surface area contributed by atoms with Crippen molar-refractivity contribution >= 4 is 30.1 Å². The number of esters is 3. The van der Waals surface area contributed by atoms with Crippen molar-refractivity contribution < 1.29 is 59.2 Å². The van der Waals surface area contributed by atoms with Gasteiger partial charge in [-0.1, -0.05) is 93.6 Å². The topological polar surface area (TPSA) is 228 Å². The summed E-state index contributed by atoms with van der Waals surface area (Å²) in [6, 6.07) is 14.5. The fraction of sp³-hybridized carbons (Fsp3) is 0.444. The molecule has 0 saturated heterocycles. The first-order valence-corrected chi connectivity index (χ1v) is 19.4. The average molecular weight is 842 g/mol. The van der Waals surface area contributed by atoms with Crippen molar-refractivity contribution in [1.82, 2.24) is 15.5 Å². The number of ether oxygens (including phenoxy) is 3. The van der Waals surface area contributed by atoms with Crippen LogP contribution < -0.4 is 10.6 Å². The molecule has 15 heteroatoms. The molecule has 0 bridgehead atoms. The van der Waals surface area contributed by atoms with Gasteiger partial charge in [0, 0.05) is 29.8 Å². The van der Waals surface area contributed by atoms with Gasteiger partial charge in [0.05, 0.1) is 70.4 Å². The highest BCUT2D eigenvalue weighted by Crippen LogP contribution is 2.16. The zero-order valence-electron chi connectivity index (χ0n) is 35.4. The lowest BCUT2D eigenvalue weighted by molar-refractivity contribution is -0.143. The molecule has 0 fully saturated rings. The molecule has 0 spiro atoms. The van der Waals surface area contributed by atoms with Gasteiger partial charge in [0.2, 0.25) is 0 Å². The molecule has 0 aromatic heterocycles. The number of carbonyl (C=O) groups excluding carboxylic acids is 3. The van der Waals surface area contributed by atoms with Gasteiger partial charge < -0.3 is 55.5 Å². The fourth-order valence-corrected chi connectivity index (χ4v) is 4.68. The Morgan fingerprint density at radius 1 is 0.600 bits per heavy atom. The molecule has 60 heavy (non-hydrogen) atoms. The van der Waals surface area contributed by atoms with Crippen molar-refractivity contribution in [2.24, 2.45) is 0 Å². The second-order valence-electron chi connectivity index (χ2n) is 13.8. The maximum Gasteiger partial charge on any atom is 0.333 e. The molecule has 0 aliphatic heterocycles. The van der Waals surface area contributed by atoms with Gasteiger partial charge in [0.15, 0.2) is 0 Å². The van der Waals surface area contributed by atoms with Crippen LogP contribution in [0.4, 0.5) is 0 Å². The maximum atomic E-state index is 11.3. The number of nitrogens with one attached hydrogen (secondary N) is 2. The first kappa shape index (κ1) is 55.2. The number of rotatable bonds is 27. The minimum Gasteiger partial charge on any atom is -0.462 e. The van der Waals surface area contributed by atoms with E-state index in [-0.39, 0.29) is 76.1 Å². The molecule has 0 atom stereocenters. The lowest BCUT2D eigenvalue weighted by atomic mass is 10.1. The van der Waals surface area contributed by atoms with Crippen molar-refractivity contribution in [3.8, 4) is 0 Å². The summed E-state index contributed by atoms with van der Waals surface area (Å²) in [5, 5.41) is 60.4. The van der Waals surface area contributed by atoms with E-state index in [4.69, 9.17) is 34.6 Å². The van der Waals surface area contributed by atoms with Crippen LogP contribution in [0.3, 0.4) is 0 Å². The molecule has 0 radical (unpaired) electrons. The molecular weight excluding hydrogens is 775 g/mol. The first-order chi connectivity index (χ1) is 28.6. The van der Waals surface area contributed by atoms with Gasteiger partial charge in [-0.3, -0.25) is 4.90 Å². The molecule has 0 saturated carbocycles. The molecule has 0 heterocycles. The van der Waals surface area contributed by atoms with E-state index in [1.807, 2.05) is 36.4 Å². The highest BCUT2D eigenvalue weighted by molar-refractivity contribution is 5.87. The number of benzene rings is 2. The Labute approximate surface area is 355 Å². The predicted molar refractivity (Wildman–Crippen MR) is 233 cm³/mol. The van der Waals surface area contributed by atoms with E-state index in [2.05, 4.69) is 72.7 Å². The second kappa shape index (κ2) is 33.0. The molecule has 0 aliphatic carbocycles. The molecule has 0 unspecified atom stereocenters. The summed E-state index contributed by atoms with van der Waals surface area (Å²) in [4.78, 5) is 35.7. The van der Waals surface area contributed by atoms with Gasteiger partial charge in [-0.25, -0.2) is 14.4 Å². The highest BCUT2D eigenvalue weighted by atomic mass is 16.5. The standard InChI is InChI=1S/C21H25NO2.C14H23NO6.C10H19NO4/c1-3-17-5-9-19(10-6-17)13-22(21(15-23)16-24)14-20-11-7-18(4-2)8-12-20;1-9(2)13(18)20-7-12(15-11(5-16)6-17)8-21-14(19)10(3)4;1-8(2)10(14)15-5-3-4-11-9(6-12)7-13/h3-12,21,23-24H,1-2,13-16H2;11-12,15-17H,1,3,5-8H2,2,4H3;9,11-13H,1,3-7H2,2H3. The van der Waals surface area contributed by atoms with E-state index >= 15 is 0 Å². The van der Waals surface area contributed by atoms with Gasteiger partial charge in [-0.05, 0) is 56.0 Å². The largest absolute Gasteiger partial charge is 0.462 e. The molecule has 0 aliphatic rings. The Hall–Kier alpha value is -4.81. The van der Waals surface area contributed by atoms with Crippen LogP contribution in [0.5, 0.6) is 0 Å². The number of aliphatic hydroxyl groups is 6. The molecule has 334 valence electrons. The molecule has 15 nitrogen and oxygen atoms in total. The third kappa shape index (κ3) is 24.3. The van der Waals surface area contributed by atoms with Crippen LogP contribution in [0.15, 0.2) is 98.1 Å². The Morgan fingerprint density at radius 3 is 1.32 bits per heavy atom.